The number of fused-ring (bicyclic) bond motifs is 2. The van der Waals surface area contributed by atoms with Crippen molar-refractivity contribution in [1.82, 2.24) is 10.2 Å². The second kappa shape index (κ2) is 7.28. The van der Waals surface area contributed by atoms with E-state index in [0.29, 0.717) is 13.1 Å². The number of nitrogens with one attached hydrogen (secondary N) is 1. The molecule has 0 radical (unpaired) electrons. The van der Waals surface area contributed by atoms with Gasteiger partial charge in [-0.15, -0.1) is 10.2 Å². The number of carbonyl (C=O) groups excluding carboxylic acids is 2. The summed E-state index contributed by atoms with van der Waals surface area (Å²) in [6, 6.07) is 8.30. The summed E-state index contributed by atoms with van der Waals surface area (Å²) in [4.78, 5) is 26.5. The molecule has 5 rings (SSSR count). The third kappa shape index (κ3) is 3.35. The highest BCUT2D eigenvalue weighted by atomic mass is 16.2. The Morgan fingerprint density at radius 3 is 2.62 bits per heavy atom. The lowest BCUT2D eigenvalue weighted by Crippen LogP contribution is -2.43. The van der Waals surface area contributed by atoms with Crippen molar-refractivity contribution < 1.29 is 9.59 Å². The van der Waals surface area contributed by atoms with Crippen LogP contribution >= 0.6 is 0 Å². The smallest absolute Gasteiger partial charge is 0.318 e. The van der Waals surface area contributed by atoms with Gasteiger partial charge in [-0.25, -0.2) is 4.79 Å². The van der Waals surface area contributed by atoms with E-state index >= 15 is 0 Å². The Balaban J connectivity index is 1.24. The number of hydrogen-bond acceptors (Lipinski definition) is 3. The van der Waals surface area contributed by atoms with Gasteiger partial charge >= 0.3 is 6.03 Å². The summed E-state index contributed by atoms with van der Waals surface area (Å²) in [6.45, 7) is 1.34. The Morgan fingerprint density at radius 2 is 1.90 bits per heavy atom. The van der Waals surface area contributed by atoms with Crippen molar-refractivity contribution >= 4 is 11.9 Å². The highest BCUT2D eigenvalue weighted by molar-refractivity contribution is 5.87. The molecule has 1 aromatic carbocycles. The van der Waals surface area contributed by atoms with Crippen LogP contribution in [0.5, 0.6) is 0 Å². The minimum atomic E-state index is -0.317. The highest BCUT2D eigenvalue weighted by Gasteiger charge is 2.30. The second-order valence-electron chi connectivity index (χ2n) is 7.84. The van der Waals surface area contributed by atoms with Gasteiger partial charge in [-0.05, 0) is 41.5 Å². The molecule has 29 heavy (non-hydrogen) atoms. The molecule has 6 heteroatoms. The molecule has 3 amide bonds. The van der Waals surface area contributed by atoms with E-state index in [-0.39, 0.29) is 23.9 Å². The summed E-state index contributed by atoms with van der Waals surface area (Å²) in [7, 11) is 0. The minimum absolute atomic E-state index is 0.00607. The fraction of sp³-hybridized carbons (Fsp3) is 0.304. The monoisotopic (exact) mass is 386 g/mol. The third-order valence-corrected chi connectivity index (χ3v) is 5.98. The fourth-order valence-electron chi connectivity index (χ4n) is 4.38. The van der Waals surface area contributed by atoms with Gasteiger partial charge in [-0.3, -0.25) is 4.79 Å². The van der Waals surface area contributed by atoms with Gasteiger partial charge in [0, 0.05) is 19.1 Å². The van der Waals surface area contributed by atoms with Crippen LogP contribution in [0, 0.1) is 5.92 Å². The molecule has 0 saturated heterocycles. The van der Waals surface area contributed by atoms with E-state index in [1.807, 2.05) is 41.3 Å². The van der Waals surface area contributed by atoms with E-state index < -0.39 is 0 Å². The molecule has 0 aromatic heterocycles. The first-order valence-corrected chi connectivity index (χ1v) is 10.1. The van der Waals surface area contributed by atoms with Crippen molar-refractivity contribution in [3.63, 3.8) is 0 Å². The molecule has 2 aliphatic heterocycles. The molecule has 0 fully saturated rings. The Labute approximate surface area is 169 Å². The number of nitrogens with zero attached hydrogens (tertiary/aromatic N) is 3. The Hall–Kier alpha value is -3.28. The zero-order valence-electron chi connectivity index (χ0n) is 16.0. The summed E-state index contributed by atoms with van der Waals surface area (Å²) in [5.74, 6) is -0.528. The first kappa shape index (κ1) is 17.8. The topological polar surface area (TPSA) is 74.1 Å². The molecule has 6 nitrogen and oxygen atoms in total. The Bertz CT molecular complexity index is 1010. The minimum Gasteiger partial charge on any atom is -0.335 e. The van der Waals surface area contributed by atoms with Crippen LogP contribution in [-0.2, 0) is 17.9 Å². The highest BCUT2D eigenvalue weighted by Crippen LogP contribution is 2.35. The lowest BCUT2D eigenvalue weighted by molar-refractivity contribution is -0.120. The summed E-state index contributed by atoms with van der Waals surface area (Å²) in [5, 5.41) is 11.2. The van der Waals surface area contributed by atoms with Crippen molar-refractivity contribution in [2.75, 3.05) is 0 Å². The average molecular weight is 386 g/mol. The van der Waals surface area contributed by atoms with E-state index in [1.54, 1.807) is 0 Å². The number of azo groups is 1. The molecular weight excluding hydrogens is 364 g/mol. The van der Waals surface area contributed by atoms with Crippen LogP contribution in [0.15, 0.2) is 81.7 Å². The molecule has 1 N–H and O–H groups in total. The van der Waals surface area contributed by atoms with E-state index in [0.717, 1.165) is 36.1 Å². The van der Waals surface area contributed by atoms with Crippen LogP contribution in [0.4, 0.5) is 4.79 Å². The number of rotatable bonds is 2. The Kier molecular flexibility index (Phi) is 4.46. The second-order valence-corrected chi connectivity index (χ2v) is 7.84. The van der Waals surface area contributed by atoms with Gasteiger partial charge in [0.2, 0.25) is 0 Å². The molecule has 2 unspecified atom stereocenters. The molecule has 2 heterocycles. The predicted molar refractivity (Wildman–Crippen MR) is 109 cm³/mol. The molecule has 4 aliphatic rings. The molecule has 2 aliphatic carbocycles. The summed E-state index contributed by atoms with van der Waals surface area (Å²) in [6.07, 6.45) is 12.2. The first-order chi connectivity index (χ1) is 14.2. The number of carbonyl (C=O) groups is 2. The molecule has 146 valence electrons. The van der Waals surface area contributed by atoms with Crippen molar-refractivity contribution in [2.45, 2.75) is 38.4 Å². The van der Waals surface area contributed by atoms with Crippen LogP contribution < -0.4 is 5.32 Å². The SMILES string of the molecule is O=C1N=NC(C2=CCC(NC(=O)N3Cc4ccccc4C3)CC2)=C2C=CC=CC12. The van der Waals surface area contributed by atoms with E-state index in [9.17, 15) is 9.59 Å². The molecule has 0 bridgehead atoms. The van der Waals surface area contributed by atoms with Crippen molar-refractivity contribution in [2.24, 2.45) is 16.1 Å². The zero-order chi connectivity index (χ0) is 19.8. The third-order valence-electron chi connectivity index (χ3n) is 5.98. The molecule has 2 atom stereocenters. The van der Waals surface area contributed by atoms with E-state index in [4.69, 9.17) is 0 Å². The maximum atomic E-state index is 12.7. The van der Waals surface area contributed by atoms with E-state index in [1.165, 1.54) is 11.1 Å². The summed E-state index contributed by atoms with van der Waals surface area (Å²) < 4.78 is 0. The number of urea groups is 1. The number of allylic oxidation sites excluding steroid dienone is 4. The Morgan fingerprint density at radius 1 is 1.10 bits per heavy atom. The van der Waals surface area contributed by atoms with Crippen LogP contribution in [-0.4, -0.2) is 22.9 Å². The number of amides is 3. The maximum Gasteiger partial charge on any atom is 0.318 e. The summed E-state index contributed by atoms with van der Waals surface area (Å²) >= 11 is 0. The van der Waals surface area contributed by atoms with Gasteiger partial charge in [0.05, 0.1) is 11.6 Å². The predicted octanol–water partition coefficient (Wildman–Crippen LogP) is 4.18. The lowest BCUT2D eigenvalue weighted by Gasteiger charge is -2.27. The molecule has 0 saturated carbocycles. The van der Waals surface area contributed by atoms with Gasteiger partial charge in [-0.2, -0.15) is 0 Å². The van der Waals surface area contributed by atoms with Crippen LogP contribution in [0.1, 0.15) is 30.4 Å². The maximum absolute atomic E-state index is 12.7. The van der Waals surface area contributed by atoms with Gasteiger partial charge in [0.15, 0.2) is 0 Å². The fourth-order valence-corrected chi connectivity index (χ4v) is 4.38. The van der Waals surface area contributed by atoms with Gasteiger partial charge in [-0.1, -0.05) is 54.6 Å². The number of benzene rings is 1. The van der Waals surface area contributed by atoms with Crippen molar-refractivity contribution in [3.05, 3.63) is 82.6 Å². The lowest BCUT2D eigenvalue weighted by atomic mass is 9.85. The van der Waals surface area contributed by atoms with Crippen LogP contribution in [0.3, 0.4) is 0 Å². The van der Waals surface area contributed by atoms with Crippen molar-refractivity contribution in [1.29, 1.82) is 0 Å². The largest absolute Gasteiger partial charge is 0.335 e. The zero-order valence-corrected chi connectivity index (χ0v) is 16.0. The number of hydrogen-bond donors (Lipinski definition) is 1. The standard InChI is InChI=1S/C23H22N4O2/c28-22-20-8-4-3-7-19(20)21(25-26-22)15-9-11-18(12-10-15)24-23(29)27-13-16-5-1-2-6-17(16)14-27/h1-9,18,20H,10-14H2,(H,24,29). The average Bonchev–Trinajstić information content (AvgIpc) is 3.20. The van der Waals surface area contributed by atoms with Crippen LogP contribution in [0.25, 0.3) is 0 Å². The van der Waals surface area contributed by atoms with E-state index in [2.05, 4.69) is 33.8 Å². The quantitative estimate of drug-likeness (QED) is 0.828. The summed E-state index contributed by atoms with van der Waals surface area (Å²) in [5.41, 5.74) is 5.30. The molecule has 0 spiro atoms. The van der Waals surface area contributed by atoms with Gasteiger partial charge in [0.25, 0.3) is 5.91 Å². The molecule has 1 aromatic rings. The first-order valence-electron chi connectivity index (χ1n) is 10.1. The van der Waals surface area contributed by atoms with Gasteiger partial charge in [0.1, 0.15) is 0 Å². The normalized spacial score (nSPS) is 25.0. The van der Waals surface area contributed by atoms with Crippen LogP contribution in [0.2, 0.25) is 0 Å². The van der Waals surface area contributed by atoms with Gasteiger partial charge < -0.3 is 10.2 Å². The van der Waals surface area contributed by atoms with Crippen molar-refractivity contribution in [3.8, 4) is 0 Å². The molecular formula is C23H22N4O2.